The first-order valence-electron chi connectivity index (χ1n) is 6.96. The Hall–Kier alpha value is -0.600. The van der Waals surface area contributed by atoms with Crippen molar-refractivity contribution in [2.45, 2.75) is 17.7 Å². The maximum atomic E-state index is 7.00. The van der Waals surface area contributed by atoms with E-state index in [9.17, 15) is 0 Å². The zero-order valence-electron chi connectivity index (χ0n) is 12.7. The van der Waals surface area contributed by atoms with Gasteiger partial charge in [0.15, 0.2) is 0 Å². The Bertz CT molecular complexity index is 423. The molecule has 5 nitrogen and oxygen atoms in total. The van der Waals surface area contributed by atoms with E-state index >= 15 is 0 Å². The molecule has 0 spiro atoms. The van der Waals surface area contributed by atoms with Gasteiger partial charge in [0.2, 0.25) is 0 Å². The molecule has 0 radical (unpaired) electrons. The Labute approximate surface area is 137 Å². The van der Waals surface area contributed by atoms with Gasteiger partial charge in [0.25, 0.3) is 0 Å². The highest BCUT2D eigenvalue weighted by Crippen LogP contribution is 2.32. The smallest absolute Gasteiger partial charge is 0.0744 e. The second kappa shape index (κ2) is 9.42. The molecule has 0 saturated carbocycles. The molecule has 0 bridgehead atoms. The predicted molar refractivity (Wildman–Crippen MR) is 95.6 cm³/mol. The average molecular weight is 331 g/mol. The summed E-state index contributed by atoms with van der Waals surface area (Å²) in [6.45, 7) is 2.24. The van der Waals surface area contributed by atoms with E-state index in [4.69, 9.17) is 16.7 Å². The summed E-state index contributed by atoms with van der Waals surface area (Å²) in [5.74, 6) is 7.49. The molecule has 120 valence electrons. The molecule has 0 atom stereocenters. The van der Waals surface area contributed by atoms with Gasteiger partial charge in [-0.1, -0.05) is 0 Å². The third-order valence-corrected chi connectivity index (χ3v) is 5.05. The van der Waals surface area contributed by atoms with Gasteiger partial charge in [0.1, 0.15) is 0 Å². The minimum atomic E-state index is 0.722. The van der Waals surface area contributed by atoms with Gasteiger partial charge in [0, 0.05) is 32.1 Å². The molecule has 2 rings (SSSR count). The first-order chi connectivity index (χ1) is 10.1. The number of rotatable bonds is 4. The number of anilines is 2. The molecule has 0 amide bonds. The van der Waals surface area contributed by atoms with Crippen LogP contribution in [0.3, 0.4) is 0 Å². The minimum Gasteiger partial charge on any atom is -0.400 e. The Balaban J connectivity index is 0.00000106. The lowest BCUT2D eigenvalue weighted by Gasteiger charge is -2.30. The average Bonchev–Trinajstić information content (AvgIpc) is 2.50. The number of piperidine rings is 1. The summed E-state index contributed by atoms with van der Waals surface area (Å²) in [4.78, 5) is 1.17. The molecule has 1 aromatic rings. The van der Waals surface area contributed by atoms with Crippen LogP contribution in [0, 0.1) is 5.92 Å². The van der Waals surface area contributed by atoms with Crippen LogP contribution in [-0.2, 0) is 0 Å². The van der Waals surface area contributed by atoms with Crippen molar-refractivity contribution in [3.63, 3.8) is 0 Å². The van der Waals surface area contributed by atoms with E-state index in [2.05, 4.69) is 23.0 Å². The highest BCUT2D eigenvalue weighted by molar-refractivity contribution is 7.97. The van der Waals surface area contributed by atoms with Crippen molar-refractivity contribution >= 4 is 36.0 Å². The number of hydrazine groups is 1. The second-order valence-electron chi connectivity index (χ2n) is 4.98. The Morgan fingerprint density at radius 2 is 2.00 bits per heavy atom. The van der Waals surface area contributed by atoms with E-state index in [1.807, 2.05) is 12.1 Å². The molecule has 0 unspecified atom stereocenters. The Morgan fingerprint density at radius 1 is 1.38 bits per heavy atom. The van der Waals surface area contributed by atoms with Crippen molar-refractivity contribution in [3.8, 4) is 0 Å². The number of benzene rings is 1. The zero-order valence-corrected chi connectivity index (χ0v) is 14.4. The number of hydrogen-bond acceptors (Lipinski definition) is 7. The van der Waals surface area contributed by atoms with E-state index in [1.54, 1.807) is 24.0 Å². The number of nitrogens with two attached hydrogens (primary N) is 2. The normalized spacial score (nSPS) is 16.2. The monoisotopic (exact) mass is 330 g/mol. The summed E-state index contributed by atoms with van der Waals surface area (Å²) in [5.41, 5.74) is 7.59. The molecule has 7 heteroatoms. The Morgan fingerprint density at radius 3 is 2.48 bits per heavy atom. The zero-order chi connectivity index (χ0) is 15.8. The van der Waals surface area contributed by atoms with E-state index in [0.717, 1.165) is 43.2 Å². The molecular formula is C14H26N4OS2. The third-order valence-electron chi connectivity index (χ3n) is 3.45. The fraction of sp³-hybridized carbons (Fsp3) is 0.571. The van der Waals surface area contributed by atoms with Gasteiger partial charge >= 0.3 is 0 Å². The number of nitrogen functional groups attached to an aromatic ring is 1. The van der Waals surface area contributed by atoms with Gasteiger partial charge in [0.05, 0.1) is 11.4 Å². The summed E-state index contributed by atoms with van der Waals surface area (Å²) < 4.78 is 2.40. The highest BCUT2D eigenvalue weighted by atomic mass is 32.2. The van der Waals surface area contributed by atoms with Crippen LogP contribution in [0.5, 0.6) is 0 Å². The van der Waals surface area contributed by atoms with Crippen LogP contribution in [-0.4, -0.2) is 42.4 Å². The second-order valence-corrected chi connectivity index (χ2v) is 6.51. The SMILES string of the molecule is CN(N)c1ccc(SN2CCC(CS)CC2)cc1N.CO. The highest BCUT2D eigenvalue weighted by Gasteiger charge is 2.19. The molecular weight excluding hydrogens is 304 g/mol. The molecule has 1 aliphatic rings. The van der Waals surface area contributed by atoms with Crippen molar-refractivity contribution in [1.29, 1.82) is 0 Å². The van der Waals surface area contributed by atoms with Gasteiger partial charge in [-0.15, -0.1) is 0 Å². The van der Waals surface area contributed by atoms with Crippen LogP contribution in [0.4, 0.5) is 11.4 Å². The molecule has 0 aliphatic carbocycles. The molecule has 1 aromatic carbocycles. The largest absolute Gasteiger partial charge is 0.400 e. The van der Waals surface area contributed by atoms with Crippen molar-refractivity contribution in [1.82, 2.24) is 4.31 Å². The minimum absolute atomic E-state index is 0.722. The number of thiol groups is 1. The van der Waals surface area contributed by atoms with Gasteiger partial charge in [-0.25, -0.2) is 10.1 Å². The van der Waals surface area contributed by atoms with Crippen molar-refractivity contribution in [2.24, 2.45) is 11.8 Å². The molecule has 5 N–H and O–H groups in total. The van der Waals surface area contributed by atoms with E-state index in [1.165, 1.54) is 17.7 Å². The van der Waals surface area contributed by atoms with Crippen LogP contribution >= 0.6 is 24.6 Å². The van der Waals surface area contributed by atoms with Gasteiger partial charge < -0.3 is 15.8 Å². The predicted octanol–water partition coefficient (Wildman–Crippen LogP) is 1.84. The van der Waals surface area contributed by atoms with Crippen molar-refractivity contribution in [3.05, 3.63) is 18.2 Å². The number of nitrogens with zero attached hydrogens (tertiary/aromatic N) is 2. The summed E-state index contributed by atoms with van der Waals surface area (Å²) in [6, 6.07) is 6.04. The topological polar surface area (TPSA) is 78.8 Å². The van der Waals surface area contributed by atoms with Gasteiger partial charge in [-0.3, -0.25) is 0 Å². The van der Waals surface area contributed by atoms with Crippen LogP contribution in [0.2, 0.25) is 0 Å². The fourth-order valence-electron chi connectivity index (χ4n) is 2.24. The number of hydrogen-bond donors (Lipinski definition) is 4. The number of aliphatic hydroxyl groups excluding tert-OH is 1. The summed E-state index contributed by atoms with van der Waals surface area (Å²) in [6.07, 6.45) is 2.46. The van der Waals surface area contributed by atoms with E-state index in [0.29, 0.717) is 0 Å². The summed E-state index contributed by atoms with van der Waals surface area (Å²) in [7, 11) is 2.79. The fourth-order valence-corrected chi connectivity index (χ4v) is 3.61. The summed E-state index contributed by atoms with van der Waals surface area (Å²) in [5, 5.41) is 8.54. The summed E-state index contributed by atoms with van der Waals surface area (Å²) >= 11 is 6.16. The first kappa shape index (κ1) is 18.4. The van der Waals surface area contributed by atoms with Crippen LogP contribution in [0.1, 0.15) is 12.8 Å². The molecule has 1 heterocycles. The Kier molecular flexibility index (Phi) is 8.28. The van der Waals surface area contributed by atoms with E-state index < -0.39 is 0 Å². The van der Waals surface area contributed by atoms with Crippen LogP contribution < -0.4 is 16.6 Å². The quantitative estimate of drug-likeness (QED) is 0.222. The van der Waals surface area contributed by atoms with Crippen LogP contribution in [0.15, 0.2) is 23.1 Å². The maximum Gasteiger partial charge on any atom is 0.0744 e. The van der Waals surface area contributed by atoms with Crippen molar-refractivity contribution in [2.75, 3.05) is 43.7 Å². The molecule has 0 aromatic heterocycles. The molecule has 1 fully saturated rings. The third kappa shape index (κ3) is 5.60. The maximum absolute atomic E-state index is 7.00. The molecule has 1 aliphatic heterocycles. The van der Waals surface area contributed by atoms with Gasteiger partial charge in [-0.2, -0.15) is 12.6 Å². The lowest BCUT2D eigenvalue weighted by atomic mass is 10.0. The molecule has 1 saturated heterocycles. The lowest BCUT2D eigenvalue weighted by Crippen LogP contribution is -2.29. The standard InChI is InChI=1S/C13H22N4S2.CH4O/c1-16(15)13-3-2-11(8-12(13)14)19-17-6-4-10(9-18)5-7-17;1-2/h2-3,8,10,18H,4-7,9,14-15H2,1H3;2H,1H3. The van der Waals surface area contributed by atoms with Crippen molar-refractivity contribution < 1.29 is 5.11 Å². The van der Waals surface area contributed by atoms with E-state index in [-0.39, 0.29) is 0 Å². The van der Waals surface area contributed by atoms with Crippen LogP contribution in [0.25, 0.3) is 0 Å². The lowest BCUT2D eigenvalue weighted by molar-refractivity contribution is 0.312. The first-order valence-corrected chi connectivity index (χ1v) is 8.37. The number of aliphatic hydroxyl groups is 1. The van der Waals surface area contributed by atoms with Gasteiger partial charge in [-0.05, 0) is 54.7 Å². The molecule has 21 heavy (non-hydrogen) atoms.